The second kappa shape index (κ2) is 8.47. The van der Waals surface area contributed by atoms with Crippen LogP contribution in [0.2, 0.25) is 5.02 Å². The first-order chi connectivity index (χ1) is 11.5. The third-order valence-corrected chi connectivity index (χ3v) is 3.87. The van der Waals surface area contributed by atoms with Crippen LogP contribution in [-0.4, -0.2) is 30.9 Å². The molecule has 126 valence electrons. The van der Waals surface area contributed by atoms with Gasteiger partial charge in [0, 0.05) is 18.6 Å². The number of hydrogen-bond acceptors (Lipinski definition) is 3. The molecule has 1 atom stereocenters. The summed E-state index contributed by atoms with van der Waals surface area (Å²) in [7, 11) is 3.31. The van der Waals surface area contributed by atoms with E-state index >= 15 is 0 Å². The van der Waals surface area contributed by atoms with E-state index in [0.29, 0.717) is 11.6 Å². The molecule has 1 unspecified atom stereocenters. The van der Waals surface area contributed by atoms with E-state index in [1.54, 1.807) is 0 Å². The maximum Gasteiger partial charge on any atom is 0.321 e. The average Bonchev–Trinajstić information content (AvgIpc) is 2.58. The number of rotatable bonds is 5. The monoisotopic (exact) mass is 345 g/mol. The molecule has 0 spiro atoms. The molecule has 0 aliphatic rings. The third kappa shape index (κ3) is 4.81. The first-order valence-corrected chi connectivity index (χ1v) is 7.91. The van der Waals surface area contributed by atoms with Gasteiger partial charge in [0.25, 0.3) is 0 Å². The molecule has 2 aromatic rings. The predicted molar refractivity (Wildman–Crippen MR) is 94.7 cm³/mol. The molecule has 6 heteroatoms. The highest BCUT2D eigenvalue weighted by Gasteiger charge is 2.26. The first kappa shape index (κ1) is 18.0. The van der Waals surface area contributed by atoms with E-state index in [0.717, 1.165) is 11.1 Å². The molecule has 0 fully saturated rings. The molecule has 0 heterocycles. The summed E-state index contributed by atoms with van der Waals surface area (Å²) < 4.78 is 0. The number of nitrogens with one attached hydrogen (secondary N) is 2. The summed E-state index contributed by atoms with van der Waals surface area (Å²) in [5.41, 5.74) is 1.84. The quantitative estimate of drug-likeness (QED) is 0.875. The number of likely N-dealkylation sites (N-methyl/N-ethyl adjacent to an activating group) is 1. The van der Waals surface area contributed by atoms with Gasteiger partial charge in [-0.2, -0.15) is 0 Å². The van der Waals surface area contributed by atoms with Gasteiger partial charge >= 0.3 is 6.03 Å². The number of carbonyl (C=O) groups excluding carboxylic acids is 2. The summed E-state index contributed by atoms with van der Waals surface area (Å²) in [5.74, 6) is -0.378. The number of halogens is 1. The largest absolute Gasteiger partial charge is 0.341 e. The molecular formula is C18H20ClN3O2. The van der Waals surface area contributed by atoms with Gasteiger partial charge in [-0.05, 0) is 30.3 Å². The molecule has 2 aromatic carbocycles. The molecule has 0 aromatic heterocycles. The summed E-state index contributed by atoms with van der Waals surface area (Å²) in [6.45, 7) is 0.540. The van der Waals surface area contributed by atoms with Crippen molar-refractivity contribution in [3.05, 3.63) is 70.7 Å². The molecule has 3 amide bonds. The Bertz CT molecular complexity index is 689. The molecule has 0 radical (unpaired) electrons. The molecule has 0 aliphatic heterocycles. The summed E-state index contributed by atoms with van der Waals surface area (Å²) in [6.07, 6.45) is 0. The van der Waals surface area contributed by atoms with Crippen LogP contribution in [0.4, 0.5) is 4.79 Å². The Morgan fingerprint density at radius 1 is 1.08 bits per heavy atom. The van der Waals surface area contributed by atoms with E-state index in [-0.39, 0.29) is 5.91 Å². The van der Waals surface area contributed by atoms with Crippen molar-refractivity contribution in [3.63, 3.8) is 0 Å². The van der Waals surface area contributed by atoms with Crippen molar-refractivity contribution in [3.8, 4) is 0 Å². The van der Waals surface area contributed by atoms with E-state index in [1.165, 1.54) is 7.05 Å². The maximum atomic E-state index is 12.6. The summed E-state index contributed by atoms with van der Waals surface area (Å²) in [4.78, 5) is 25.9. The molecule has 2 rings (SSSR count). The lowest BCUT2D eigenvalue weighted by Gasteiger charge is -2.27. The number of nitrogens with zero attached hydrogens (tertiary/aromatic N) is 1. The van der Waals surface area contributed by atoms with Gasteiger partial charge in [0.05, 0.1) is 0 Å². The Balaban J connectivity index is 2.22. The van der Waals surface area contributed by atoms with Crippen molar-refractivity contribution in [1.29, 1.82) is 0 Å². The third-order valence-electron chi connectivity index (χ3n) is 3.61. The Morgan fingerprint density at radius 2 is 1.71 bits per heavy atom. The van der Waals surface area contributed by atoms with Gasteiger partial charge in [-0.3, -0.25) is 15.0 Å². The molecular weight excluding hydrogens is 326 g/mol. The molecule has 0 bridgehead atoms. The number of benzene rings is 2. The van der Waals surface area contributed by atoms with Crippen molar-refractivity contribution < 1.29 is 9.59 Å². The van der Waals surface area contributed by atoms with Gasteiger partial charge in [0.15, 0.2) is 0 Å². The molecule has 0 saturated heterocycles. The van der Waals surface area contributed by atoms with E-state index in [9.17, 15) is 9.59 Å². The predicted octanol–water partition coefficient (Wildman–Crippen LogP) is 2.97. The van der Waals surface area contributed by atoms with Crippen LogP contribution in [0.3, 0.4) is 0 Å². The van der Waals surface area contributed by atoms with Crippen LogP contribution in [0.5, 0.6) is 0 Å². The highest BCUT2D eigenvalue weighted by molar-refractivity contribution is 6.30. The molecule has 2 N–H and O–H groups in total. The second-order valence-corrected chi connectivity index (χ2v) is 5.86. The van der Waals surface area contributed by atoms with Crippen LogP contribution in [0, 0.1) is 0 Å². The lowest BCUT2D eigenvalue weighted by Crippen LogP contribution is -2.44. The highest BCUT2D eigenvalue weighted by Crippen LogP contribution is 2.22. The SMILES string of the molecule is CNC(=O)NC(=O)C(c1ccccc1)N(C)Cc1ccc(Cl)cc1. The number of urea groups is 1. The van der Waals surface area contributed by atoms with E-state index < -0.39 is 12.1 Å². The minimum Gasteiger partial charge on any atom is -0.341 e. The smallest absolute Gasteiger partial charge is 0.321 e. The standard InChI is InChI=1S/C18H20ClN3O2/c1-20-18(24)21-17(23)16(14-6-4-3-5-7-14)22(2)12-13-8-10-15(19)11-9-13/h3-11,16H,12H2,1-2H3,(H2,20,21,23,24). The Morgan fingerprint density at radius 3 is 2.29 bits per heavy atom. The number of carbonyl (C=O) groups is 2. The van der Waals surface area contributed by atoms with Gasteiger partial charge in [0.1, 0.15) is 6.04 Å². The minimum absolute atomic E-state index is 0.378. The van der Waals surface area contributed by atoms with Crippen LogP contribution in [0.15, 0.2) is 54.6 Å². The zero-order valence-corrected chi connectivity index (χ0v) is 14.4. The lowest BCUT2D eigenvalue weighted by molar-refractivity contribution is -0.125. The molecule has 5 nitrogen and oxygen atoms in total. The van der Waals surface area contributed by atoms with Crippen LogP contribution in [0.1, 0.15) is 17.2 Å². The van der Waals surface area contributed by atoms with E-state index in [4.69, 9.17) is 11.6 Å². The van der Waals surface area contributed by atoms with Crippen LogP contribution in [0.25, 0.3) is 0 Å². The van der Waals surface area contributed by atoms with E-state index in [2.05, 4.69) is 10.6 Å². The molecule has 0 aliphatic carbocycles. The summed E-state index contributed by atoms with van der Waals surface area (Å²) in [6, 6.07) is 15.7. The van der Waals surface area contributed by atoms with Crippen molar-refractivity contribution >= 4 is 23.5 Å². The number of imide groups is 1. The fourth-order valence-electron chi connectivity index (χ4n) is 2.45. The Hall–Kier alpha value is -2.37. The van der Waals surface area contributed by atoms with Gasteiger partial charge in [0.2, 0.25) is 5.91 Å². The number of hydrogen-bond donors (Lipinski definition) is 2. The highest BCUT2D eigenvalue weighted by atomic mass is 35.5. The fourth-order valence-corrected chi connectivity index (χ4v) is 2.58. The van der Waals surface area contributed by atoms with Gasteiger partial charge < -0.3 is 5.32 Å². The Labute approximate surface area is 146 Å². The normalized spacial score (nSPS) is 11.8. The average molecular weight is 346 g/mol. The topological polar surface area (TPSA) is 61.4 Å². The minimum atomic E-state index is -0.584. The zero-order valence-electron chi connectivity index (χ0n) is 13.6. The molecule has 24 heavy (non-hydrogen) atoms. The van der Waals surface area contributed by atoms with E-state index in [1.807, 2.05) is 66.5 Å². The Kier molecular flexibility index (Phi) is 6.35. The van der Waals surface area contributed by atoms with Crippen molar-refractivity contribution in [2.45, 2.75) is 12.6 Å². The van der Waals surface area contributed by atoms with Crippen molar-refractivity contribution in [1.82, 2.24) is 15.5 Å². The molecule has 0 saturated carbocycles. The summed E-state index contributed by atoms with van der Waals surface area (Å²) >= 11 is 5.91. The second-order valence-electron chi connectivity index (χ2n) is 5.42. The van der Waals surface area contributed by atoms with Crippen molar-refractivity contribution in [2.75, 3.05) is 14.1 Å². The lowest BCUT2D eigenvalue weighted by atomic mass is 10.0. The fraction of sp³-hybridized carbons (Fsp3) is 0.222. The number of amides is 3. The summed E-state index contributed by atoms with van der Waals surface area (Å²) in [5, 5.41) is 5.41. The maximum absolute atomic E-state index is 12.6. The first-order valence-electron chi connectivity index (χ1n) is 7.53. The van der Waals surface area contributed by atoms with Gasteiger partial charge in [-0.1, -0.05) is 54.1 Å². The van der Waals surface area contributed by atoms with Gasteiger partial charge in [-0.15, -0.1) is 0 Å². The van der Waals surface area contributed by atoms with Crippen molar-refractivity contribution in [2.24, 2.45) is 0 Å². The van der Waals surface area contributed by atoms with Crippen LogP contribution < -0.4 is 10.6 Å². The van der Waals surface area contributed by atoms with Crippen LogP contribution in [-0.2, 0) is 11.3 Å². The van der Waals surface area contributed by atoms with Crippen LogP contribution >= 0.6 is 11.6 Å². The zero-order chi connectivity index (χ0) is 17.5. The van der Waals surface area contributed by atoms with Gasteiger partial charge in [-0.25, -0.2) is 4.79 Å².